The summed E-state index contributed by atoms with van der Waals surface area (Å²) in [5.41, 5.74) is 0. The highest BCUT2D eigenvalue weighted by molar-refractivity contribution is 7.63. The van der Waals surface area contributed by atoms with Gasteiger partial charge in [0.15, 0.2) is 0 Å². The van der Waals surface area contributed by atoms with Crippen molar-refractivity contribution in [3.05, 3.63) is 0 Å². The van der Waals surface area contributed by atoms with Crippen LogP contribution in [0.3, 0.4) is 0 Å². The van der Waals surface area contributed by atoms with Crippen LogP contribution in [0.25, 0.3) is 0 Å². The van der Waals surface area contributed by atoms with E-state index >= 15 is 0 Å². The summed E-state index contributed by atoms with van der Waals surface area (Å²) in [6.45, 7) is 1.87. The van der Waals surface area contributed by atoms with Crippen LogP contribution in [-0.2, 0) is 4.57 Å². The number of aliphatic hydroxyl groups is 2. The zero-order chi connectivity index (χ0) is 7.33. The zero-order valence-electron chi connectivity index (χ0n) is 5.58. The lowest BCUT2D eigenvalue weighted by atomic mass is 10.6. The molecular weight excluding hydrogens is 139 g/mol. The van der Waals surface area contributed by atoms with E-state index in [2.05, 4.69) is 0 Å². The van der Waals surface area contributed by atoms with Crippen LogP contribution >= 0.6 is 7.14 Å². The fourth-order valence-corrected chi connectivity index (χ4v) is 1.78. The Kier molecular flexibility index (Phi) is 4.11. The first-order chi connectivity index (χ1) is 4.18. The van der Waals surface area contributed by atoms with Crippen LogP contribution < -0.4 is 0 Å². The van der Waals surface area contributed by atoms with E-state index in [9.17, 15) is 4.57 Å². The van der Waals surface area contributed by atoms with Gasteiger partial charge in [-0.25, -0.2) is 0 Å². The van der Waals surface area contributed by atoms with Gasteiger partial charge >= 0.3 is 0 Å². The highest BCUT2D eigenvalue weighted by atomic mass is 31.2. The van der Waals surface area contributed by atoms with Crippen molar-refractivity contribution in [1.29, 1.82) is 0 Å². The second kappa shape index (κ2) is 4.04. The smallest absolute Gasteiger partial charge is 0.136 e. The molecule has 56 valence electrons. The molecule has 0 radical (unpaired) electrons. The minimum atomic E-state index is -2.57. The van der Waals surface area contributed by atoms with Crippen molar-refractivity contribution in [2.24, 2.45) is 0 Å². The lowest BCUT2D eigenvalue weighted by Gasteiger charge is -2.09. The maximum absolute atomic E-state index is 11.1. The Labute approximate surface area is 55.1 Å². The number of hydrogen-bond donors (Lipinski definition) is 2. The van der Waals surface area contributed by atoms with Crippen molar-refractivity contribution in [2.75, 3.05) is 18.9 Å². The van der Waals surface area contributed by atoms with Gasteiger partial charge in [0.2, 0.25) is 0 Å². The second-order valence-electron chi connectivity index (χ2n) is 2.06. The van der Waals surface area contributed by atoms with Crippen LogP contribution in [0, 0.1) is 0 Å². The maximum Gasteiger partial charge on any atom is 0.136 e. The summed E-state index contributed by atoms with van der Waals surface area (Å²) in [7, 11) is -2.57. The molecule has 3 nitrogen and oxygen atoms in total. The Balaban J connectivity index is 3.78. The van der Waals surface area contributed by atoms with Crippen LogP contribution in [0.4, 0.5) is 0 Å². The Morgan fingerprint density at radius 1 is 1.33 bits per heavy atom. The summed E-state index contributed by atoms with van der Waals surface area (Å²) in [6.07, 6.45) is 0.465. The van der Waals surface area contributed by atoms with Gasteiger partial charge in [-0.15, -0.1) is 0 Å². The number of rotatable bonds is 4. The normalized spacial score (nSPS) is 11.9. The summed E-state index contributed by atoms with van der Waals surface area (Å²) >= 11 is 0. The average Bonchev–Trinajstić information content (AvgIpc) is 1.89. The van der Waals surface area contributed by atoms with Gasteiger partial charge in [-0.1, -0.05) is 6.92 Å². The van der Waals surface area contributed by atoms with Gasteiger partial charge in [0.1, 0.15) is 7.14 Å². The van der Waals surface area contributed by atoms with Crippen LogP contribution in [-0.4, -0.2) is 29.1 Å². The molecule has 0 aliphatic carbocycles. The first-order valence-corrected chi connectivity index (χ1v) is 5.23. The van der Waals surface area contributed by atoms with Crippen LogP contribution in [0.1, 0.15) is 13.3 Å². The molecular formula is C5H13O3P. The number of hydrogen-bond acceptors (Lipinski definition) is 3. The van der Waals surface area contributed by atoms with Gasteiger partial charge in [0.25, 0.3) is 0 Å². The van der Waals surface area contributed by atoms with Gasteiger partial charge in [-0.3, -0.25) is 0 Å². The molecule has 0 spiro atoms. The predicted molar refractivity (Wildman–Crippen MR) is 36.9 cm³/mol. The molecule has 0 aromatic rings. The molecule has 4 heteroatoms. The topological polar surface area (TPSA) is 57.5 Å². The van der Waals surface area contributed by atoms with E-state index in [1.165, 1.54) is 0 Å². The van der Waals surface area contributed by atoms with Gasteiger partial charge in [-0.05, 0) is 6.42 Å². The van der Waals surface area contributed by atoms with E-state index in [1.54, 1.807) is 0 Å². The molecule has 0 aliphatic rings. The molecule has 0 aliphatic heterocycles. The highest BCUT2D eigenvalue weighted by Crippen LogP contribution is 2.43. The fraction of sp³-hybridized carbons (Fsp3) is 1.00. The molecule has 0 bridgehead atoms. The largest absolute Gasteiger partial charge is 0.389 e. The lowest BCUT2D eigenvalue weighted by Crippen LogP contribution is -1.97. The summed E-state index contributed by atoms with van der Waals surface area (Å²) in [5, 5.41) is 17.0. The van der Waals surface area contributed by atoms with Gasteiger partial charge in [-0.2, -0.15) is 0 Å². The van der Waals surface area contributed by atoms with Gasteiger partial charge < -0.3 is 14.8 Å². The van der Waals surface area contributed by atoms with E-state index in [0.29, 0.717) is 6.16 Å². The molecule has 0 aromatic carbocycles. The summed E-state index contributed by atoms with van der Waals surface area (Å²) in [6, 6.07) is 0. The van der Waals surface area contributed by atoms with Crippen molar-refractivity contribution in [3.8, 4) is 0 Å². The molecule has 0 unspecified atom stereocenters. The van der Waals surface area contributed by atoms with Crippen molar-refractivity contribution < 1.29 is 14.8 Å². The van der Waals surface area contributed by atoms with Crippen LogP contribution in [0.5, 0.6) is 0 Å². The monoisotopic (exact) mass is 152 g/mol. The van der Waals surface area contributed by atoms with Gasteiger partial charge in [0, 0.05) is 6.16 Å². The van der Waals surface area contributed by atoms with E-state index in [1.807, 2.05) is 6.92 Å². The quantitative estimate of drug-likeness (QED) is 0.582. The Hall–Kier alpha value is 0.150. The number of aliphatic hydroxyl groups excluding tert-OH is 2. The summed E-state index contributed by atoms with van der Waals surface area (Å²) in [5.74, 6) is 0. The van der Waals surface area contributed by atoms with Crippen LogP contribution in [0.2, 0.25) is 0 Å². The van der Waals surface area contributed by atoms with Crippen LogP contribution in [0.15, 0.2) is 0 Å². The molecule has 2 N–H and O–H groups in total. The first-order valence-electron chi connectivity index (χ1n) is 2.97. The standard InChI is InChI=1S/C5H13O3P/c1-2-3-9(8,4-6)5-7/h6-7H,2-5H2,1H3. The molecule has 9 heavy (non-hydrogen) atoms. The molecule has 0 heterocycles. The highest BCUT2D eigenvalue weighted by Gasteiger charge is 2.17. The maximum atomic E-state index is 11.1. The third-order valence-corrected chi connectivity index (χ3v) is 3.44. The lowest BCUT2D eigenvalue weighted by molar-refractivity contribution is 0.324. The first kappa shape index (κ1) is 9.15. The molecule has 0 saturated carbocycles. The minimum absolute atomic E-state index is 0.364. The third kappa shape index (κ3) is 2.99. The Morgan fingerprint density at radius 2 is 1.78 bits per heavy atom. The third-order valence-electron chi connectivity index (χ3n) is 1.15. The average molecular weight is 152 g/mol. The van der Waals surface area contributed by atoms with E-state index < -0.39 is 7.14 Å². The minimum Gasteiger partial charge on any atom is -0.389 e. The summed E-state index contributed by atoms with van der Waals surface area (Å²) in [4.78, 5) is 0. The Bertz CT molecular complexity index is 105. The molecule has 0 amide bonds. The van der Waals surface area contributed by atoms with E-state index in [0.717, 1.165) is 6.42 Å². The van der Waals surface area contributed by atoms with Crippen molar-refractivity contribution in [2.45, 2.75) is 13.3 Å². The molecule has 0 atom stereocenters. The summed E-state index contributed by atoms with van der Waals surface area (Å²) < 4.78 is 11.1. The molecule has 0 aromatic heterocycles. The Morgan fingerprint density at radius 3 is 1.89 bits per heavy atom. The molecule has 0 saturated heterocycles. The van der Waals surface area contributed by atoms with Crippen molar-refractivity contribution in [3.63, 3.8) is 0 Å². The van der Waals surface area contributed by atoms with E-state index in [-0.39, 0.29) is 12.7 Å². The van der Waals surface area contributed by atoms with E-state index in [4.69, 9.17) is 10.2 Å². The SMILES string of the molecule is CCCP(=O)(CO)CO. The predicted octanol–water partition coefficient (Wildman–Crippen LogP) is 0.659. The second-order valence-corrected chi connectivity index (χ2v) is 5.19. The van der Waals surface area contributed by atoms with Crippen molar-refractivity contribution in [1.82, 2.24) is 0 Å². The zero-order valence-corrected chi connectivity index (χ0v) is 6.47. The molecule has 0 rings (SSSR count). The molecule has 0 fully saturated rings. The van der Waals surface area contributed by atoms with Crippen molar-refractivity contribution >= 4 is 7.14 Å². The fourth-order valence-electron chi connectivity index (χ4n) is 0.594. The van der Waals surface area contributed by atoms with Gasteiger partial charge in [0.05, 0.1) is 12.7 Å².